The van der Waals surface area contributed by atoms with E-state index in [2.05, 4.69) is 0 Å². The van der Waals surface area contributed by atoms with Crippen LogP contribution in [0, 0.1) is 6.92 Å². The van der Waals surface area contributed by atoms with E-state index in [9.17, 15) is 19.8 Å². The third-order valence-electron chi connectivity index (χ3n) is 6.54. The number of rotatable bonds is 9. The number of hydrogen-bond donors (Lipinski definition) is 2. The molecule has 3 aromatic carbocycles. The number of aromatic hydroxyl groups is 1. The summed E-state index contributed by atoms with van der Waals surface area (Å²) in [6.45, 7) is 3.54. The average molecular weight is 501 g/mol. The topological polar surface area (TPSA) is 90.3 Å². The molecular formula is C30H32N2O5. The average Bonchev–Trinajstić information content (AvgIpc) is 3.13. The number of likely N-dealkylation sites (tertiary alicyclic amines) is 1. The molecule has 192 valence electrons. The Kier molecular flexibility index (Phi) is 7.94. The molecule has 0 spiro atoms. The normalized spacial score (nSPS) is 17.0. The van der Waals surface area contributed by atoms with Gasteiger partial charge in [-0.2, -0.15) is 0 Å². The van der Waals surface area contributed by atoms with Crippen LogP contribution in [-0.4, -0.2) is 58.9 Å². The number of aryl methyl sites for hydroxylation is 1. The fraction of sp³-hybridized carbons (Fsp3) is 0.267. The molecule has 1 saturated heterocycles. The zero-order chi connectivity index (χ0) is 26.5. The molecule has 0 aliphatic carbocycles. The Labute approximate surface area is 217 Å². The van der Waals surface area contributed by atoms with Gasteiger partial charge in [-0.05, 0) is 87.1 Å². The van der Waals surface area contributed by atoms with Gasteiger partial charge in [-0.25, -0.2) is 0 Å². The largest absolute Gasteiger partial charge is 0.508 e. The van der Waals surface area contributed by atoms with Crippen LogP contribution in [0.2, 0.25) is 0 Å². The van der Waals surface area contributed by atoms with Gasteiger partial charge in [0.2, 0.25) is 0 Å². The number of amides is 1. The molecule has 1 atom stereocenters. The number of aliphatic hydroxyl groups excluding tert-OH is 1. The highest BCUT2D eigenvalue weighted by Gasteiger charge is 2.45. The maximum Gasteiger partial charge on any atom is 0.295 e. The second kappa shape index (κ2) is 11.3. The number of benzene rings is 3. The first-order valence-corrected chi connectivity index (χ1v) is 12.3. The van der Waals surface area contributed by atoms with Crippen molar-refractivity contribution >= 4 is 17.4 Å². The van der Waals surface area contributed by atoms with Crippen molar-refractivity contribution in [2.75, 3.05) is 27.2 Å². The second-order valence-corrected chi connectivity index (χ2v) is 9.48. The minimum Gasteiger partial charge on any atom is -0.508 e. The molecule has 4 rings (SSSR count). The molecule has 0 saturated carbocycles. The summed E-state index contributed by atoms with van der Waals surface area (Å²) in [5.74, 6) is -0.900. The summed E-state index contributed by atoms with van der Waals surface area (Å²) >= 11 is 0. The zero-order valence-corrected chi connectivity index (χ0v) is 21.3. The molecule has 0 aromatic heterocycles. The van der Waals surface area contributed by atoms with Crippen molar-refractivity contribution in [3.05, 3.63) is 101 Å². The van der Waals surface area contributed by atoms with Crippen molar-refractivity contribution in [1.29, 1.82) is 0 Å². The predicted octanol–water partition coefficient (Wildman–Crippen LogP) is 4.65. The van der Waals surface area contributed by atoms with Crippen LogP contribution in [-0.2, 0) is 16.2 Å². The first-order chi connectivity index (χ1) is 17.8. The molecule has 37 heavy (non-hydrogen) atoms. The molecule has 1 aliphatic rings. The molecule has 7 heteroatoms. The van der Waals surface area contributed by atoms with Crippen LogP contribution in [0.1, 0.15) is 34.7 Å². The van der Waals surface area contributed by atoms with Gasteiger partial charge in [0.05, 0.1) is 11.6 Å². The van der Waals surface area contributed by atoms with Gasteiger partial charge >= 0.3 is 0 Å². The predicted molar refractivity (Wildman–Crippen MR) is 142 cm³/mol. The molecule has 1 heterocycles. The molecule has 0 unspecified atom stereocenters. The Morgan fingerprint density at radius 3 is 2.30 bits per heavy atom. The van der Waals surface area contributed by atoms with E-state index in [1.54, 1.807) is 36.4 Å². The first-order valence-electron chi connectivity index (χ1n) is 12.3. The highest BCUT2D eigenvalue weighted by Crippen LogP contribution is 2.40. The van der Waals surface area contributed by atoms with Gasteiger partial charge in [0.25, 0.3) is 11.7 Å². The molecule has 1 aliphatic heterocycles. The third kappa shape index (κ3) is 5.84. The molecule has 1 fully saturated rings. The summed E-state index contributed by atoms with van der Waals surface area (Å²) in [5.41, 5.74) is 3.31. The summed E-state index contributed by atoms with van der Waals surface area (Å²) in [6, 6.07) is 20.4. The van der Waals surface area contributed by atoms with Gasteiger partial charge in [-0.1, -0.05) is 36.4 Å². The van der Waals surface area contributed by atoms with Gasteiger partial charge in [0.1, 0.15) is 23.9 Å². The number of hydrogen-bond acceptors (Lipinski definition) is 6. The number of ketones is 1. The Morgan fingerprint density at radius 1 is 0.973 bits per heavy atom. The fourth-order valence-corrected chi connectivity index (χ4v) is 4.47. The lowest BCUT2D eigenvalue weighted by Crippen LogP contribution is -2.32. The van der Waals surface area contributed by atoms with Crippen molar-refractivity contribution < 1.29 is 24.5 Å². The zero-order valence-electron chi connectivity index (χ0n) is 21.3. The van der Waals surface area contributed by atoms with Crippen LogP contribution >= 0.6 is 0 Å². The van der Waals surface area contributed by atoms with Crippen LogP contribution < -0.4 is 4.74 Å². The number of carbonyl (C=O) groups is 2. The number of phenolic OH excluding ortho intramolecular Hbond substituents is 1. The number of Topliss-reactive ketones (excluding diaryl/α,β-unsaturated/α-hetero) is 1. The van der Waals surface area contributed by atoms with Crippen molar-refractivity contribution in [2.45, 2.75) is 26.0 Å². The molecular weight excluding hydrogens is 468 g/mol. The number of aliphatic hydroxyl groups is 1. The minimum absolute atomic E-state index is 0.0362. The van der Waals surface area contributed by atoms with Crippen molar-refractivity contribution in [2.24, 2.45) is 0 Å². The minimum atomic E-state index is -0.750. The number of ether oxygens (including phenoxy) is 1. The van der Waals surface area contributed by atoms with E-state index in [0.717, 1.165) is 17.7 Å². The number of nitrogens with zero attached hydrogens (tertiary/aromatic N) is 2. The van der Waals surface area contributed by atoms with E-state index >= 15 is 0 Å². The summed E-state index contributed by atoms with van der Waals surface area (Å²) in [5, 5.41) is 21.0. The van der Waals surface area contributed by atoms with Gasteiger partial charge in [-0.3, -0.25) is 9.59 Å². The first kappa shape index (κ1) is 26.0. The fourth-order valence-electron chi connectivity index (χ4n) is 4.47. The van der Waals surface area contributed by atoms with Gasteiger partial charge in [-0.15, -0.1) is 0 Å². The highest BCUT2D eigenvalue weighted by molar-refractivity contribution is 6.46. The van der Waals surface area contributed by atoms with Gasteiger partial charge in [0, 0.05) is 12.1 Å². The molecule has 0 radical (unpaired) electrons. The van der Waals surface area contributed by atoms with Crippen molar-refractivity contribution in [3.8, 4) is 11.5 Å². The van der Waals surface area contributed by atoms with E-state index < -0.39 is 17.7 Å². The number of phenols is 1. The summed E-state index contributed by atoms with van der Waals surface area (Å²) in [7, 11) is 3.89. The summed E-state index contributed by atoms with van der Waals surface area (Å²) < 4.78 is 5.90. The second-order valence-electron chi connectivity index (χ2n) is 9.48. The van der Waals surface area contributed by atoms with Gasteiger partial charge < -0.3 is 24.7 Å². The van der Waals surface area contributed by atoms with Crippen LogP contribution in [0.4, 0.5) is 0 Å². The summed E-state index contributed by atoms with van der Waals surface area (Å²) in [4.78, 5) is 29.7. The Morgan fingerprint density at radius 2 is 1.65 bits per heavy atom. The van der Waals surface area contributed by atoms with Crippen molar-refractivity contribution in [3.63, 3.8) is 0 Å². The van der Waals surface area contributed by atoms with Crippen molar-refractivity contribution in [1.82, 2.24) is 9.80 Å². The molecule has 1 amide bonds. The maximum atomic E-state index is 13.1. The Bertz CT molecular complexity index is 1300. The smallest absolute Gasteiger partial charge is 0.295 e. The lowest BCUT2D eigenvalue weighted by atomic mass is 9.95. The molecule has 0 bridgehead atoms. The van der Waals surface area contributed by atoms with E-state index in [4.69, 9.17) is 4.74 Å². The van der Waals surface area contributed by atoms with E-state index in [1.807, 2.05) is 50.2 Å². The van der Waals surface area contributed by atoms with Crippen LogP contribution in [0.15, 0.2) is 78.4 Å². The molecule has 2 N–H and O–H groups in total. The molecule has 7 nitrogen and oxygen atoms in total. The Hall–Kier alpha value is -4.10. The third-order valence-corrected chi connectivity index (χ3v) is 6.54. The monoisotopic (exact) mass is 500 g/mol. The highest BCUT2D eigenvalue weighted by atomic mass is 16.5. The lowest BCUT2D eigenvalue weighted by molar-refractivity contribution is -0.139. The SMILES string of the molecule is Cc1ccccc1COc1ccc(C(O)=C2C(=O)C(=O)N(CCCN(C)C)[C@@H]2c2ccc(O)cc2)cc1. The van der Waals surface area contributed by atoms with E-state index in [0.29, 0.717) is 36.4 Å². The summed E-state index contributed by atoms with van der Waals surface area (Å²) in [6.07, 6.45) is 0.668. The molecule has 3 aromatic rings. The van der Waals surface area contributed by atoms with E-state index in [-0.39, 0.29) is 17.1 Å². The van der Waals surface area contributed by atoms with E-state index in [1.165, 1.54) is 17.0 Å². The number of carbonyl (C=O) groups excluding carboxylic acids is 2. The Balaban J connectivity index is 1.63. The standard InChI is InChI=1S/C30H32N2O5/c1-20-7-4-5-8-23(20)19-37-25-15-11-22(12-16-25)28(34)26-27(21-9-13-24(33)14-10-21)32(30(36)29(26)35)18-6-17-31(2)3/h4-5,7-16,27,33-34H,6,17-19H2,1-3H3/t27-/m1/s1. The van der Waals surface area contributed by atoms with Crippen LogP contribution in [0.3, 0.4) is 0 Å². The van der Waals surface area contributed by atoms with Crippen LogP contribution in [0.25, 0.3) is 5.76 Å². The maximum absolute atomic E-state index is 13.1. The van der Waals surface area contributed by atoms with Gasteiger partial charge in [0.15, 0.2) is 0 Å². The lowest BCUT2D eigenvalue weighted by Gasteiger charge is -2.26. The quantitative estimate of drug-likeness (QED) is 0.253. The van der Waals surface area contributed by atoms with Crippen LogP contribution in [0.5, 0.6) is 11.5 Å².